The number of thioether (sulfide) groups is 1. The lowest BCUT2D eigenvalue weighted by molar-refractivity contribution is -0.146. The average molecular weight is 248 g/mol. The summed E-state index contributed by atoms with van der Waals surface area (Å²) in [4.78, 5) is 31.5. The molecule has 0 bridgehead atoms. The van der Waals surface area contributed by atoms with Gasteiger partial charge in [-0.15, -0.1) is 11.8 Å². The topological polar surface area (TPSA) is 130 Å². The second-order valence-electron chi connectivity index (χ2n) is 3.49. The van der Waals surface area contributed by atoms with Crippen LogP contribution in [0.25, 0.3) is 0 Å². The first kappa shape index (κ1) is 12.9. The van der Waals surface area contributed by atoms with Gasteiger partial charge in [-0.25, -0.2) is 4.79 Å². The summed E-state index contributed by atoms with van der Waals surface area (Å²) < 4.78 is 0. The van der Waals surface area contributed by atoms with E-state index >= 15 is 0 Å². The molecule has 0 aromatic carbocycles. The minimum atomic E-state index is -1.93. The third-order valence-electron chi connectivity index (χ3n) is 2.20. The van der Waals surface area contributed by atoms with Crippen molar-refractivity contribution >= 4 is 29.5 Å². The van der Waals surface area contributed by atoms with Gasteiger partial charge in [0.25, 0.3) is 0 Å². The van der Waals surface area contributed by atoms with Gasteiger partial charge in [0, 0.05) is 5.75 Å². The summed E-state index contributed by atoms with van der Waals surface area (Å²) in [7, 11) is 0. The Kier molecular flexibility index (Phi) is 3.56. The Labute approximate surface area is 95.4 Å². The lowest BCUT2D eigenvalue weighted by atomic mass is 10.1. The van der Waals surface area contributed by atoms with Crippen LogP contribution in [0.15, 0.2) is 0 Å². The van der Waals surface area contributed by atoms with Crippen molar-refractivity contribution in [2.75, 3.05) is 5.75 Å². The predicted octanol–water partition coefficient (Wildman–Crippen LogP) is -1.53. The number of aliphatic carboxylic acids is 2. The van der Waals surface area contributed by atoms with Gasteiger partial charge in [0.2, 0.25) is 4.87 Å². The van der Waals surface area contributed by atoms with E-state index in [4.69, 9.17) is 15.9 Å². The maximum absolute atomic E-state index is 11.7. The number of carboxylic acids is 2. The Morgan fingerprint density at radius 1 is 1.50 bits per heavy atom. The van der Waals surface area contributed by atoms with Gasteiger partial charge in [-0.1, -0.05) is 0 Å². The van der Waals surface area contributed by atoms with Gasteiger partial charge in [0.1, 0.15) is 6.04 Å². The zero-order valence-electron chi connectivity index (χ0n) is 8.47. The van der Waals surface area contributed by atoms with Crippen LogP contribution in [0.1, 0.15) is 6.92 Å². The predicted molar refractivity (Wildman–Crippen MR) is 56.0 cm³/mol. The highest BCUT2D eigenvalue weighted by Crippen LogP contribution is 2.32. The molecule has 5 N–H and O–H groups in total. The zero-order valence-corrected chi connectivity index (χ0v) is 9.28. The third-order valence-corrected chi connectivity index (χ3v) is 3.63. The maximum Gasteiger partial charge on any atom is 0.342 e. The fourth-order valence-electron chi connectivity index (χ4n) is 1.36. The quantitative estimate of drug-likeness (QED) is 0.441. The van der Waals surface area contributed by atoms with Gasteiger partial charge in [0.15, 0.2) is 5.78 Å². The minimum Gasteiger partial charge on any atom is -0.480 e. The first-order valence-corrected chi connectivity index (χ1v) is 5.47. The minimum absolute atomic E-state index is 0.0140. The molecule has 0 aromatic rings. The normalized spacial score (nSPS) is 31.0. The van der Waals surface area contributed by atoms with E-state index in [0.717, 1.165) is 11.8 Å². The Balaban J connectivity index is 2.98. The molecule has 0 saturated carbocycles. The van der Waals surface area contributed by atoms with Crippen LogP contribution in [-0.4, -0.2) is 50.6 Å². The van der Waals surface area contributed by atoms with Crippen LogP contribution in [0, 0.1) is 0 Å². The van der Waals surface area contributed by atoms with Crippen LogP contribution in [-0.2, 0) is 14.4 Å². The molecule has 1 heterocycles. The van der Waals surface area contributed by atoms with Crippen molar-refractivity contribution in [2.45, 2.75) is 23.9 Å². The van der Waals surface area contributed by atoms with E-state index < -0.39 is 34.7 Å². The zero-order chi connectivity index (χ0) is 12.5. The molecule has 0 aliphatic carbocycles. The fraction of sp³-hybridized carbons (Fsp3) is 0.625. The van der Waals surface area contributed by atoms with E-state index in [-0.39, 0.29) is 5.75 Å². The van der Waals surface area contributed by atoms with Gasteiger partial charge in [-0.05, 0) is 6.92 Å². The molecule has 16 heavy (non-hydrogen) atoms. The molecule has 0 spiro atoms. The largest absolute Gasteiger partial charge is 0.480 e. The molecule has 3 atom stereocenters. The molecule has 1 aliphatic rings. The number of Topliss-reactive ketones (excluding diaryl/α,β-unsaturated/α-hetero) is 1. The highest BCUT2D eigenvalue weighted by molar-refractivity contribution is 8.02. The Morgan fingerprint density at radius 3 is 2.38 bits per heavy atom. The summed E-state index contributed by atoms with van der Waals surface area (Å²) in [6, 6.07) is -2.02. The molecule has 0 amide bonds. The first-order chi connectivity index (χ1) is 7.31. The van der Waals surface area contributed by atoms with E-state index in [1.165, 1.54) is 6.92 Å². The maximum atomic E-state index is 11.7. The van der Waals surface area contributed by atoms with Crippen LogP contribution >= 0.6 is 11.8 Å². The van der Waals surface area contributed by atoms with Crippen LogP contribution < -0.4 is 11.1 Å². The third kappa shape index (κ3) is 2.04. The monoisotopic (exact) mass is 248 g/mol. The molecule has 1 fully saturated rings. The first-order valence-electron chi connectivity index (χ1n) is 4.49. The molecule has 1 rings (SSSR count). The number of rotatable bonds is 4. The van der Waals surface area contributed by atoms with E-state index in [0.29, 0.717) is 0 Å². The van der Waals surface area contributed by atoms with Crippen molar-refractivity contribution < 1.29 is 24.6 Å². The van der Waals surface area contributed by atoms with Gasteiger partial charge in [-0.2, -0.15) is 0 Å². The average Bonchev–Trinajstić information content (AvgIpc) is 2.62. The number of nitrogens with two attached hydrogens (primary N) is 1. The number of nitrogens with one attached hydrogen (secondary N) is 1. The number of carbonyl (C=O) groups excluding carboxylic acids is 1. The molecule has 8 heteroatoms. The fourth-order valence-corrected chi connectivity index (χ4v) is 2.68. The van der Waals surface area contributed by atoms with Crippen molar-refractivity contribution in [2.24, 2.45) is 5.73 Å². The van der Waals surface area contributed by atoms with E-state index in [9.17, 15) is 14.4 Å². The van der Waals surface area contributed by atoms with Crippen LogP contribution in [0.4, 0.5) is 0 Å². The van der Waals surface area contributed by atoms with Crippen molar-refractivity contribution in [1.29, 1.82) is 0 Å². The Bertz CT molecular complexity index is 345. The summed E-state index contributed by atoms with van der Waals surface area (Å²) in [6.45, 7) is 1.36. The Hall–Kier alpha value is -1.12. The molecule has 90 valence electrons. The van der Waals surface area contributed by atoms with Crippen LogP contribution in [0.3, 0.4) is 0 Å². The molecular formula is C8H12N2O5S. The lowest BCUT2D eigenvalue weighted by Gasteiger charge is -2.24. The van der Waals surface area contributed by atoms with E-state index in [1.54, 1.807) is 0 Å². The van der Waals surface area contributed by atoms with Crippen molar-refractivity contribution in [3.8, 4) is 0 Å². The lowest BCUT2D eigenvalue weighted by Crippen LogP contribution is -2.59. The van der Waals surface area contributed by atoms with Gasteiger partial charge >= 0.3 is 11.9 Å². The molecular weight excluding hydrogens is 236 g/mol. The molecule has 7 nitrogen and oxygen atoms in total. The van der Waals surface area contributed by atoms with E-state index in [2.05, 4.69) is 5.32 Å². The molecule has 1 saturated heterocycles. The van der Waals surface area contributed by atoms with Gasteiger partial charge in [-0.3, -0.25) is 14.9 Å². The smallest absolute Gasteiger partial charge is 0.342 e. The second-order valence-corrected chi connectivity index (χ2v) is 4.72. The number of hydrogen-bond acceptors (Lipinski definition) is 6. The molecule has 0 radical (unpaired) electrons. The van der Waals surface area contributed by atoms with Crippen LogP contribution in [0.2, 0.25) is 0 Å². The SMILES string of the molecule is C[C@H](N)C(=O)C1(C(=O)O)NC(C(=O)O)CS1. The van der Waals surface area contributed by atoms with Crippen molar-refractivity contribution in [3.63, 3.8) is 0 Å². The number of carbonyl (C=O) groups is 3. The number of carboxylic acid groups (broad SMARTS) is 2. The summed E-state index contributed by atoms with van der Waals surface area (Å²) in [5, 5.41) is 20.1. The van der Waals surface area contributed by atoms with E-state index in [1.807, 2.05) is 0 Å². The van der Waals surface area contributed by atoms with Crippen LogP contribution in [0.5, 0.6) is 0 Å². The van der Waals surface area contributed by atoms with Crippen molar-refractivity contribution in [3.05, 3.63) is 0 Å². The molecule has 0 aromatic heterocycles. The number of hydrogen-bond donors (Lipinski definition) is 4. The molecule has 1 aliphatic heterocycles. The molecule has 2 unspecified atom stereocenters. The summed E-state index contributed by atoms with van der Waals surface area (Å²) in [5.41, 5.74) is 5.35. The van der Waals surface area contributed by atoms with Crippen molar-refractivity contribution in [1.82, 2.24) is 5.32 Å². The summed E-state index contributed by atoms with van der Waals surface area (Å²) in [6.07, 6.45) is 0. The highest BCUT2D eigenvalue weighted by Gasteiger charge is 2.54. The second kappa shape index (κ2) is 4.40. The summed E-state index contributed by atoms with van der Waals surface area (Å²) in [5.74, 6) is -3.31. The number of ketones is 1. The standard InChI is InChI=1S/C8H12N2O5S/c1-3(9)5(11)8(7(14)15)10-4(2-16-8)6(12)13/h3-4,10H,2,9H2,1H3,(H,12,13)(H,14,15)/t3-,4?,8?/m0/s1. The Morgan fingerprint density at radius 2 is 2.06 bits per heavy atom. The summed E-state index contributed by atoms with van der Waals surface area (Å²) >= 11 is 0.750. The van der Waals surface area contributed by atoms with Gasteiger partial charge in [0.05, 0.1) is 6.04 Å². The highest BCUT2D eigenvalue weighted by atomic mass is 32.2. The van der Waals surface area contributed by atoms with Gasteiger partial charge < -0.3 is 15.9 Å².